The first-order chi connectivity index (χ1) is 7.04. The Bertz CT molecular complexity index is 328. The first-order valence-electron chi connectivity index (χ1n) is 5.24. The number of hydrogen-bond donors (Lipinski definition) is 0. The van der Waals surface area contributed by atoms with Crippen LogP contribution in [0.15, 0.2) is 0 Å². The van der Waals surface area contributed by atoms with E-state index in [0.29, 0.717) is 18.4 Å². The number of ether oxygens (including phenoxy) is 1. The van der Waals surface area contributed by atoms with Crippen molar-refractivity contribution in [3.63, 3.8) is 0 Å². The summed E-state index contributed by atoms with van der Waals surface area (Å²) < 4.78 is 31.2. The Morgan fingerprint density at radius 3 is 2.60 bits per heavy atom. The predicted molar refractivity (Wildman–Crippen MR) is 61.6 cm³/mol. The van der Waals surface area contributed by atoms with Crippen LogP contribution in [0.25, 0.3) is 0 Å². The van der Waals surface area contributed by atoms with Crippen molar-refractivity contribution in [2.24, 2.45) is 0 Å². The molecule has 0 aromatic heterocycles. The molecule has 1 aliphatic heterocycles. The van der Waals surface area contributed by atoms with Gasteiger partial charge in [-0.3, -0.25) is 0 Å². The van der Waals surface area contributed by atoms with E-state index in [2.05, 4.69) is 15.9 Å². The second-order valence-corrected chi connectivity index (χ2v) is 7.14. The number of hydrogen-bond acceptors (Lipinski definition) is 3. The van der Waals surface area contributed by atoms with Gasteiger partial charge in [-0.1, -0.05) is 15.9 Å². The zero-order chi connectivity index (χ0) is 11.1. The van der Waals surface area contributed by atoms with E-state index >= 15 is 0 Å². The fourth-order valence-corrected chi connectivity index (χ4v) is 4.18. The average Bonchev–Trinajstić information content (AvgIpc) is 3.00. The van der Waals surface area contributed by atoms with Gasteiger partial charge in [-0.25, -0.2) is 8.42 Å². The summed E-state index contributed by atoms with van der Waals surface area (Å²) >= 11 is 3.34. The molecule has 2 rings (SSSR count). The Kier molecular flexibility index (Phi) is 3.40. The van der Waals surface area contributed by atoms with Crippen LogP contribution in [0.4, 0.5) is 0 Å². The van der Waals surface area contributed by atoms with Gasteiger partial charge < -0.3 is 4.74 Å². The molecule has 0 bridgehead atoms. The van der Waals surface area contributed by atoms with Gasteiger partial charge in [-0.15, -0.1) is 0 Å². The molecule has 0 aromatic rings. The molecule has 2 unspecified atom stereocenters. The molecule has 15 heavy (non-hydrogen) atoms. The molecule has 1 heterocycles. The van der Waals surface area contributed by atoms with Crippen molar-refractivity contribution in [1.82, 2.24) is 4.31 Å². The molecule has 1 saturated carbocycles. The van der Waals surface area contributed by atoms with E-state index < -0.39 is 10.0 Å². The lowest BCUT2D eigenvalue weighted by molar-refractivity contribution is -0.0411. The number of alkyl halides is 1. The third-order valence-corrected chi connectivity index (χ3v) is 5.82. The van der Waals surface area contributed by atoms with Crippen molar-refractivity contribution >= 4 is 26.0 Å². The zero-order valence-corrected chi connectivity index (χ0v) is 11.1. The highest BCUT2D eigenvalue weighted by molar-refractivity contribution is 9.09. The van der Waals surface area contributed by atoms with Gasteiger partial charge in [-0.2, -0.15) is 4.31 Å². The van der Waals surface area contributed by atoms with Crippen LogP contribution < -0.4 is 0 Å². The van der Waals surface area contributed by atoms with E-state index in [4.69, 9.17) is 4.74 Å². The van der Waals surface area contributed by atoms with Crippen LogP contribution in [0, 0.1) is 0 Å². The zero-order valence-electron chi connectivity index (χ0n) is 8.73. The highest BCUT2D eigenvalue weighted by Crippen LogP contribution is 2.32. The third kappa shape index (κ3) is 2.54. The van der Waals surface area contributed by atoms with E-state index in [9.17, 15) is 8.42 Å². The topological polar surface area (TPSA) is 46.6 Å². The molecule has 2 atom stereocenters. The quantitative estimate of drug-likeness (QED) is 0.729. The number of nitrogens with zero attached hydrogens (tertiary/aromatic N) is 1. The largest absolute Gasteiger partial charge is 0.372 e. The highest BCUT2D eigenvalue weighted by atomic mass is 79.9. The van der Waals surface area contributed by atoms with Crippen molar-refractivity contribution < 1.29 is 13.2 Å². The Balaban J connectivity index is 2.08. The molecular formula is C9H16BrNO3S. The second-order valence-electron chi connectivity index (χ2n) is 4.28. The Hall–Kier alpha value is 0.350. The summed E-state index contributed by atoms with van der Waals surface area (Å²) in [5, 5.41) is 0.576. The highest BCUT2D eigenvalue weighted by Gasteiger charge is 2.42. The van der Waals surface area contributed by atoms with Crippen molar-refractivity contribution in [3.05, 3.63) is 0 Å². The second kappa shape index (κ2) is 4.31. The molecular weight excluding hydrogens is 282 g/mol. The molecule has 0 aromatic carbocycles. The van der Waals surface area contributed by atoms with Crippen LogP contribution >= 0.6 is 15.9 Å². The van der Waals surface area contributed by atoms with Gasteiger partial charge in [0.1, 0.15) is 0 Å². The lowest BCUT2D eigenvalue weighted by Gasteiger charge is -2.35. The fraction of sp³-hybridized carbons (Fsp3) is 1.00. The third-order valence-electron chi connectivity index (χ3n) is 2.77. The van der Waals surface area contributed by atoms with E-state index in [1.807, 2.05) is 6.92 Å². The summed E-state index contributed by atoms with van der Waals surface area (Å²) in [7, 11) is -3.03. The van der Waals surface area contributed by atoms with Crippen LogP contribution in [0.3, 0.4) is 0 Å². The van der Waals surface area contributed by atoms with E-state index in [0.717, 1.165) is 12.8 Å². The molecule has 6 heteroatoms. The van der Waals surface area contributed by atoms with Gasteiger partial charge in [0.25, 0.3) is 0 Å². The molecule has 0 amide bonds. The van der Waals surface area contributed by atoms with Gasteiger partial charge in [0.05, 0.1) is 17.5 Å². The van der Waals surface area contributed by atoms with Crippen LogP contribution in [0.2, 0.25) is 0 Å². The predicted octanol–water partition coefficient (Wildman–Crippen LogP) is 0.963. The van der Waals surface area contributed by atoms with Gasteiger partial charge >= 0.3 is 0 Å². The minimum atomic E-state index is -3.03. The van der Waals surface area contributed by atoms with Crippen molar-refractivity contribution in [1.29, 1.82) is 0 Å². The SMILES string of the molecule is CC1CN(S(=O)(=O)C2CC2)CC(CBr)O1. The van der Waals surface area contributed by atoms with E-state index in [1.54, 1.807) is 4.31 Å². The number of halogens is 1. The first kappa shape index (κ1) is 11.8. The normalized spacial score (nSPS) is 34.3. The first-order valence-corrected chi connectivity index (χ1v) is 7.87. The van der Waals surface area contributed by atoms with E-state index in [-0.39, 0.29) is 17.5 Å². The lowest BCUT2D eigenvalue weighted by atomic mass is 10.3. The van der Waals surface area contributed by atoms with Crippen LogP contribution in [0.1, 0.15) is 19.8 Å². The summed E-state index contributed by atoms with van der Waals surface area (Å²) in [4.78, 5) is 0. The maximum Gasteiger partial charge on any atom is 0.217 e. The molecule has 2 aliphatic rings. The Labute approximate surface area is 99.1 Å². The molecule has 1 saturated heterocycles. The smallest absolute Gasteiger partial charge is 0.217 e. The average molecular weight is 298 g/mol. The lowest BCUT2D eigenvalue weighted by Crippen LogP contribution is -2.50. The van der Waals surface area contributed by atoms with E-state index in [1.165, 1.54) is 0 Å². The number of rotatable bonds is 3. The molecule has 1 aliphatic carbocycles. The maximum absolute atomic E-state index is 12.0. The van der Waals surface area contributed by atoms with Crippen LogP contribution in [-0.2, 0) is 14.8 Å². The number of sulfonamides is 1. The number of morpholine rings is 1. The summed E-state index contributed by atoms with van der Waals surface area (Å²) in [5.74, 6) is 0. The van der Waals surface area contributed by atoms with Gasteiger partial charge in [0, 0.05) is 18.4 Å². The molecule has 0 radical (unpaired) electrons. The summed E-state index contributed by atoms with van der Waals surface area (Å²) in [5.41, 5.74) is 0. The van der Waals surface area contributed by atoms with Crippen molar-refractivity contribution in [2.45, 2.75) is 37.2 Å². The van der Waals surface area contributed by atoms with Crippen LogP contribution in [-0.4, -0.2) is 48.6 Å². The maximum atomic E-state index is 12.0. The van der Waals surface area contributed by atoms with Crippen molar-refractivity contribution in [3.8, 4) is 0 Å². The minimum Gasteiger partial charge on any atom is -0.372 e. The molecule has 4 nitrogen and oxygen atoms in total. The van der Waals surface area contributed by atoms with Crippen molar-refractivity contribution in [2.75, 3.05) is 18.4 Å². The van der Waals surface area contributed by atoms with Gasteiger partial charge in [-0.05, 0) is 19.8 Å². The Morgan fingerprint density at radius 1 is 1.40 bits per heavy atom. The standard InChI is InChI=1S/C9H16BrNO3S/c1-7-5-11(6-8(4-10)14-7)15(12,13)9-2-3-9/h7-9H,2-6H2,1H3. The monoisotopic (exact) mass is 297 g/mol. The molecule has 2 fully saturated rings. The molecule has 88 valence electrons. The van der Waals surface area contributed by atoms with Gasteiger partial charge in [0.2, 0.25) is 10.0 Å². The molecule has 0 N–H and O–H groups in total. The fourth-order valence-electron chi connectivity index (χ4n) is 1.87. The summed E-state index contributed by atoms with van der Waals surface area (Å²) in [6, 6.07) is 0. The summed E-state index contributed by atoms with van der Waals surface area (Å²) in [6.07, 6.45) is 1.64. The Morgan fingerprint density at radius 2 is 2.07 bits per heavy atom. The molecule has 0 spiro atoms. The summed E-state index contributed by atoms with van der Waals surface area (Å²) in [6.45, 7) is 2.92. The van der Waals surface area contributed by atoms with Crippen LogP contribution in [0.5, 0.6) is 0 Å². The minimum absolute atomic E-state index is 0.00479. The van der Waals surface area contributed by atoms with Gasteiger partial charge in [0.15, 0.2) is 0 Å².